The Morgan fingerprint density at radius 1 is 1.44 bits per heavy atom. The third-order valence-corrected chi connectivity index (χ3v) is 3.93. The molecule has 1 aliphatic heterocycles. The number of hydrogen-bond donors (Lipinski definition) is 1. The van der Waals surface area contributed by atoms with E-state index in [1.54, 1.807) is 0 Å². The van der Waals surface area contributed by atoms with E-state index < -0.39 is 5.60 Å². The first-order valence-corrected chi connectivity index (χ1v) is 6.50. The zero-order chi connectivity index (χ0) is 11.8. The lowest BCUT2D eigenvalue weighted by Gasteiger charge is -2.19. The first-order valence-electron chi connectivity index (χ1n) is 5.51. The maximum absolute atomic E-state index is 11.9. The lowest BCUT2D eigenvalue weighted by atomic mass is 9.95. The van der Waals surface area contributed by atoms with Gasteiger partial charge in [0.1, 0.15) is 5.60 Å². The maximum atomic E-state index is 11.9. The first kappa shape index (κ1) is 11.7. The Morgan fingerprint density at radius 3 is 2.88 bits per heavy atom. The van der Waals surface area contributed by atoms with Gasteiger partial charge in [0, 0.05) is 10.5 Å². The SMILES string of the molecule is CC(C)(O)C(=O)c1ccc2c(c1)CCCS2. The summed E-state index contributed by atoms with van der Waals surface area (Å²) >= 11 is 1.84. The van der Waals surface area contributed by atoms with Gasteiger partial charge in [0.15, 0.2) is 5.78 Å². The molecule has 0 fully saturated rings. The molecule has 0 unspecified atom stereocenters. The number of fused-ring (bicyclic) bond motifs is 1. The summed E-state index contributed by atoms with van der Waals surface area (Å²) in [4.78, 5) is 13.2. The van der Waals surface area contributed by atoms with E-state index in [2.05, 4.69) is 0 Å². The van der Waals surface area contributed by atoms with Crippen molar-refractivity contribution in [3.05, 3.63) is 29.3 Å². The van der Waals surface area contributed by atoms with E-state index in [-0.39, 0.29) is 5.78 Å². The number of aryl methyl sites for hydroxylation is 1. The highest BCUT2D eigenvalue weighted by Gasteiger charge is 2.25. The molecule has 0 spiro atoms. The molecule has 86 valence electrons. The Labute approximate surface area is 100 Å². The molecule has 0 aromatic heterocycles. The van der Waals surface area contributed by atoms with Crippen LogP contribution in [0.1, 0.15) is 36.2 Å². The smallest absolute Gasteiger partial charge is 0.193 e. The molecule has 2 nitrogen and oxygen atoms in total. The molecular formula is C13H16O2S. The van der Waals surface area contributed by atoms with Crippen LogP contribution in [-0.2, 0) is 6.42 Å². The van der Waals surface area contributed by atoms with Gasteiger partial charge in [0.05, 0.1) is 0 Å². The van der Waals surface area contributed by atoms with E-state index in [0.717, 1.165) is 18.6 Å². The molecule has 2 rings (SSSR count). The summed E-state index contributed by atoms with van der Waals surface area (Å²) in [6.07, 6.45) is 2.20. The van der Waals surface area contributed by atoms with Crippen LogP contribution in [0.4, 0.5) is 0 Å². The number of aliphatic hydroxyl groups is 1. The van der Waals surface area contributed by atoms with Crippen LogP contribution in [0, 0.1) is 0 Å². The van der Waals surface area contributed by atoms with Gasteiger partial charge in [-0.2, -0.15) is 0 Å². The average Bonchev–Trinajstić information content (AvgIpc) is 2.26. The lowest BCUT2D eigenvalue weighted by Crippen LogP contribution is -2.31. The predicted octanol–water partition coefficient (Wildman–Crippen LogP) is 2.68. The van der Waals surface area contributed by atoms with E-state index in [0.29, 0.717) is 5.56 Å². The second-order valence-corrected chi connectivity index (χ2v) is 5.80. The third kappa shape index (κ3) is 2.30. The minimum atomic E-state index is -1.28. The minimum Gasteiger partial charge on any atom is -0.382 e. The number of hydrogen-bond acceptors (Lipinski definition) is 3. The molecule has 1 heterocycles. The summed E-state index contributed by atoms with van der Waals surface area (Å²) in [7, 11) is 0. The average molecular weight is 236 g/mol. The molecule has 0 radical (unpaired) electrons. The van der Waals surface area contributed by atoms with E-state index in [1.807, 2.05) is 30.0 Å². The van der Waals surface area contributed by atoms with Gasteiger partial charge < -0.3 is 5.11 Å². The molecule has 0 amide bonds. The zero-order valence-electron chi connectivity index (χ0n) is 9.62. The fourth-order valence-electron chi connectivity index (χ4n) is 1.85. The highest BCUT2D eigenvalue weighted by Crippen LogP contribution is 2.31. The number of thioether (sulfide) groups is 1. The lowest BCUT2D eigenvalue weighted by molar-refractivity contribution is 0.0488. The number of carbonyl (C=O) groups excluding carboxylic acids is 1. The van der Waals surface area contributed by atoms with Crippen molar-refractivity contribution in [1.82, 2.24) is 0 Å². The molecular weight excluding hydrogens is 220 g/mol. The van der Waals surface area contributed by atoms with Gasteiger partial charge in [-0.25, -0.2) is 0 Å². The molecule has 1 N–H and O–H groups in total. The van der Waals surface area contributed by atoms with Crippen molar-refractivity contribution in [2.75, 3.05) is 5.75 Å². The van der Waals surface area contributed by atoms with Crippen molar-refractivity contribution < 1.29 is 9.90 Å². The van der Waals surface area contributed by atoms with Crippen LogP contribution < -0.4 is 0 Å². The third-order valence-electron chi connectivity index (χ3n) is 2.73. The van der Waals surface area contributed by atoms with E-state index in [4.69, 9.17) is 0 Å². The van der Waals surface area contributed by atoms with Crippen molar-refractivity contribution in [2.24, 2.45) is 0 Å². The van der Waals surface area contributed by atoms with Crippen molar-refractivity contribution in [1.29, 1.82) is 0 Å². The molecule has 16 heavy (non-hydrogen) atoms. The Bertz CT molecular complexity index is 418. The van der Waals surface area contributed by atoms with Crippen LogP contribution in [0.2, 0.25) is 0 Å². The molecule has 0 atom stereocenters. The Morgan fingerprint density at radius 2 is 2.19 bits per heavy atom. The highest BCUT2D eigenvalue weighted by atomic mass is 32.2. The minimum absolute atomic E-state index is 0.203. The second kappa shape index (κ2) is 4.22. The molecule has 0 saturated heterocycles. The molecule has 1 aromatic rings. The molecule has 1 aromatic carbocycles. The summed E-state index contributed by atoms with van der Waals surface area (Å²) in [6, 6.07) is 5.75. The number of Topliss-reactive ketones (excluding diaryl/α,β-unsaturated/α-hetero) is 1. The first-order chi connectivity index (χ1) is 7.48. The number of ketones is 1. The fraction of sp³-hybridized carbons (Fsp3) is 0.462. The summed E-state index contributed by atoms with van der Waals surface area (Å²) < 4.78 is 0. The van der Waals surface area contributed by atoms with Gasteiger partial charge in [0.2, 0.25) is 0 Å². The van der Waals surface area contributed by atoms with Gasteiger partial charge in [-0.1, -0.05) is 6.07 Å². The summed E-state index contributed by atoms with van der Waals surface area (Å²) in [6.45, 7) is 3.06. The number of carbonyl (C=O) groups is 1. The van der Waals surface area contributed by atoms with Crippen molar-refractivity contribution in [3.8, 4) is 0 Å². The van der Waals surface area contributed by atoms with Gasteiger partial charge in [-0.15, -0.1) is 11.8 Å². The van der Waals surface area contributed by atoms with Crippen LogP contribution in [-0.4, -0.2) is 22.2 Å². The number of benzene rings is 1. The normalized spacial score (nSPS) is 15.7. The quantitative estimate of drug-likeness (QED) is 0.802. The molecule has 3 heteroatoms. The summed E-state index contributed by atoms with van der Waals surface area (Å²) in [5.41, 5.74) is 0.580. The Balaban J connectivity index is 2.34. The van der Waals surface area contributed by atoms with Crippen LogP contribution in [0.5, 0.6) is 0 Å². The fourth-order valence-corrected chi connectivity index (χ4v) is 2.87. The van der Waals surface area contributed by atoms with Crippen LogP contribution in [0.25, 0.3) is 0 Å². The topological polar surface area (TPSA) is 37.3 Å². The highest BCUT2D eigenvalue weighted by molar-refractivity contribution is 7.99. The second-order valence-electron chi connectivity index (χ2n) is 4.66. The standard InChI is InChI=1S/C13H16O2S/c1-13(2,15)12(14)10-5-6-11-9(8-10)4-3-7-16-11/h5-6,8,15H,3-4,7H2,1-2H3. The van der Waals surface area contributed by atoms with Crippen molar-refractivity contribution in [3.63, 3.8) is 0 Å². The van der Waals surface area contributed by atoms with Crippen molar-refractivity contribution >= 4 is 17.5 Å². The largest absolute Gasteiger partial charge is 0.382 e. The zero-order valence-corrected chi connectivity index (χ0v) is 10.4. The molecule has 1 aliphatic rings. The summed E-state index contributed by atoms with van der Waals surface area (Å²) in [5, 5.41) is 9.69. The molecule has 0 aliphatic carbocycles. The molecule has 0 bridgehead atoms. The van der Waals surface area contributed by atoms with Gasteiger partial charge in [-0.05, 0) is 50.1 Å². The van der Waals surface area contributed by atoms with Crippen LogP contribution >= 0.6 is 11.8 Å². The van der Waals surface area contributed by atoms with E-state index in [1.165, 1.54) is 24.3 Å². The molecule has 0 saturated carbocycles. The predicted molar refractivity (Wildman–Crippen MR) is 66.1 cm³/mol. The Hall–Kier alpha value is -0.800. The van der Waals surface area contributed by atoms with E-state index in [9.17, 15) is 9.90 Å². The van der Waals surface area contributed by atoms with E-state index >= 15 is 0 Å². The van der Waals surface area contributed by atoms with Crippen molar-refractivity contribution in [2.45, 2.75) is 37.2 Å². The monoisotopic (exact) mass is 236 g/mol. The van der Waals surface area contributed by atoms with Crippen LogP contribution in [0.3, 0.4) is 0 Å². The van der Waals surface area contributed by atoms with Gasteiger partial charge in [-0.3, -0.25) is 4.79 Å². The van der Waals surface area contributed by atoms with Crippen LogP contribution in [0.15, 0.2) is 23.1 Å². The van der Waals surface area contributed by atoms with Gasteiger partial charge in [0.25, 0.3) is 0 Å². The number of rotatable bonds is 2. The Kier molecular flexibility index (Phi) is 3.08. The summed E-state index contributed by atoms with van der Waals surface area (Å²) in [5.74, 6) is 0.956. The maximum Gasteiger partial charge on any atom is 0.193 e. The van der Waals surface area contributed by atoms with Gasteiger partial charge >= 0.3 is 0 Å².